The van der Waals surface area contributed by atoms with Crippen LogP contribution in [0.3, 0.4) is 0 Å². The number of phenolic OH excluding ortho intramolecular Hbond substituents is 1. The van der Waals surface area contributed by atoms with Crippen molar-refractivity contribution in [1.82, 2.24) is 5.32 Å². The van der Waals surface area contributed by atoms with Crippen molar-refractivity contribution in [2.24, 2.45) is 5.41 Å². The number of phenols is 1. The highest BCUT2D eigenvalue weighted by Crippen LogP contribution is 2.47. The maximum absolute atomic E-state index is 9.81. The van der Waals surface area contributed by atoms with Crippen LogP contribution in [0.4, 0.5) is 0 Å². The van der Waals surface area contributed by atoms with Crippen LogP contribution in [0.1, 0.15) is 31.7 Å². The van der Waals surface area contributed by atoms with Gasteiger partial charge in [-0.1, -0.05) is 19.1 Å². The van der Waals surface area contributed by atoms with E-state index < -0.39 is 0 Å². The number of hydrogen-bond acceptors (Lipinski definition) is 2. The predicted molar refractivity (Wildman–Crippen MR) is 76.7 cm³/mol. The van der Waals surface area contributed by atoms with Gasteiger partial charge in [0, 0.05) is 18.7 Å². The lowest BCUT2D eigenvalue weighted by molar-refractivity contribution is 0.431. The van der Waals surface area contributed by atoms with E-state index in [4.69, 9.17) is 0 Å². The predicted octanol–water partition coefficient (Wildman–Crippen LogP) is 3.86. The maximum atomic E-state index is 9.81. The van der Waals surface area contributed by atoms with Gasteiger partial charge in [-0.05, 0) is 46.7 Å². The Balaban J connectivity index is 0.00000144. The molecule has 1 aliphatic rings. The van der Waals surface area contributed by atoms with E-state index in [1.807, 2.05) is 18.2 Å². The minimum absolute atomic E-state index is 0. The standard InChI is InChI=1S/C13H18BrNO.ClH/c1-2-13(6-7-13)9-15-8-10-4-3-5-11(14)12(10)16;/h3-5,15-16H,2,6-9H2,1H3;1H. The third-order valence-corrected chi connectivity index (χ3v) is 4.23. The number of benzene rings is 1. The Bertz CT molecular complexity index is 380. The van der Waals surface area contributed by atoms with E-state index >= 15 is 0 Å². The van der Waals surface area contributed by atoms with E-state index in [0.717, 1.165) is 23.1 Å². The molecule has 1 saturated carbocycles. The quantitative estimate of drug-likeness (QED) is 0.863. The number of nitrogens with one attached hydrogen (secondary N) is 1. The summed E-state index contributed by atoms with van der Waals surface area (Å²) in [6.07, 6.45) is 3.95. The van der Waals surface area contributed by atoms with E-state index in [9.17, 15) is 5.11 Å². The second-order valence-electron chi connectivity index (χ2n) is 4.70. The van der Waals surface area contributed by atoms with Crippen LogP contribution >= 0.6 is 28.3 Å². The number of hydrogen-bond donors (Lipinski definition) is 2. The molecule has 1 aliphatic carbocycles. The topological polar surface area (TPSA) is 32.3 Å². The minimum atomic E-state index is 0. The molecule has 2 nitrogen and oxygen atoms in total. The summed E-state index contributed by atoms with van der Waals surface area (Å²) in [6.45, 7) is 4.06. The van der Waals surface area contributed by atoms with Crippen LogP contribution in [-0.2, 0) is 6.54 Å². The molecule has 0 bridgehead atoms. The first-order chi connectivity index (χ1) is 7.67. The fourth-order valence-corrected chi connectivity index (χ4v) is 2.40. The molecule has 1 aromatic rings. The zero-order chi connectivity index (χ0) is 11.6. The lowest BCUT2D eigenvalue weighted by atomic mass is 10.0. The number of aromatic hydroxyl groups is 1. The van der Waals surface area contributed by atoms with Gasteiger partial charge < -0.3 is 10.4 Å². The van der Waals surface area contributed by atoms with Gasteiger partial charge in [0.1, 0.15) is 5.75 Å². The Morgan fingerprint density at radius 1 is 1.41 bits per heavy atom. The van der Waals surface area contributed by atoms with Crippen LogP contribution in [0, 0.1) is 5.41 Å². The SMILES string of the molecule is CCC1(CNCc2cccc(Br)c2O)CC1.Cl. The van der Waals surface area contributed by atoms with Crippen LogP contribution in [0.5, 0.6) is 5.75 Å². The average molecular weight is 321 g/mol. The van der Waals surface area contributed by atoms with E-state index in [0.29, 0.717) is 11.2 Å². The summed E-state index contributed by atoms with van der Waals surface area (Å²) in [7, 11) is 0. The summed E-state index contributed by atoms with van der Waals surface area (Å²) >= 11 is 3.33. The number of halogens is 2. The molecular formula is C13H19BrClNO. The largest absolute Gasteiger partial charge is 0.506 e. The molecule has 0 unspecified atom stereocenters. The summed E-state index contributed by atoms with van der Waals surface area (Å²) < 4.78 is 0.767. The van der Waals surface area contributed by atoms with Gasteiger partial charge in [0.05, 0.1) is 4.47 Å². The molecule has 0 saturated heterocycles. The third-order valence-electron chi connectivity index (χ3n) is 3.59. The normalized spacial score (nSPS) is 16.4. The van der Waals surface area contributed by atoms with Crippen molar-refractivity contribution in [3.63, 3.8) is 0 Å². The van der Waals surface area contributed by atoms with Crippen molar-refractivity contribution in [2.45, 2.75) is 32.7 Å². The molecule has 1 aromatic carbocycles. The molecule has 0 amide bonds. The fourth-order valence-electron chi connectivity index (χ4n) is 2.00. The second kappa shape index (κ2) is 6.07. The molecule has 0 heterocycles. The highest BCUT2D eigenvalue weighted by Gasteiger charge is 2.39. The molecule has 1 fully saturated rings. The van der Waals surface area contributed by atoms with Gasteiger partial charge in [-0.25, -0.2) is 0 Å². The second-order valence-corrected chi connectivity index (χ2v) is 5.56. The summed E-state index contributed by atoms with van der Waals surface area (Å²) in [5, 5.41) is 13.3. The first kappa shape index (κ1) is 14.8. The monoisotopic (exact) mass is 319 g/mol. The third kappa shape index (κ3) is 3.60. The highest BCUT2D eigenvalue weighted by atomic mass is 79.9. The van der Waals surface area contributed by atoms with Crippen molar-refractivity contribution >= 4 is 28.3 Å². The molecule has 2 N–H and O–H groups in total. The Labute approximate surface area is 117 Å². The van der Waals surface area contributed by atoms with Gasteiger partial charge in [0.25, 0.3) is 0 Å². The summed E-state index contributed by atoms with van der Waals surface area (Å²) in [5.74, 6) is 0.358. The van der Waals surface area contributed by atoms with Gasteiger partial charge in [-0.2, -0.15) is 0 Å². The lowest BCUT2D eigenvalue weighted by Crippen LogP contribution is -2.23. The van der Waals surface area contributed by atoms with Gasteiger partial charge in [0.2, 0.25) is 0 Å². The van der Waals surface area contributed by atoms with Crippen LogP contribution in [0.25, 0.3) is 0 Å². The summed E-state index contributed by atoms with van der Waals surface area (Å²) in [5.41, 5.74) is 1.52. The molecule has 96 valence electrons. The van der Waals surface area contributed by atoms with Crippen molar-refractivity contribution in [3.05, 3.63) is 28.2 Å². The molecule has 0 atom stereocenters. The van der Waals surface area contributed by atoms with E-state index in [-0.39, 0.29) is 12.4 Å². The van der Waals surface area contributed by atoms with Crippen molar-refractivity contribution in [1.29, 1.82) is 0 Å². The number of rotatable bonds is 5. The van der Waals surface area contributed by atoms with Crippen LogP contribution in [-0.4, -0.2) is 11.7 Å². The van der Waals surface area contributed by atoms with Crippen molar-refractivity contribution in [2.75, 3.05) is 6.54 Å². The maximum Gasteiger partial charge on any atom is 0.134 e. The Kier molecular flexibility index (Phi) is 5.29. The molecule has 0 radical (unpaired) electrons. The lowest BCUT2D eigenvalue weighted by Gasteiger charge is -2.14. The van der Waals surface area contributed by atoms with E-state index in [1.54, 1.807) is 0 Å². The van der Waals surface area contributed by atoms with Gasteiger partial charge in [-0.3, -0.25) is 0 Å². The minimum Gasteiger partial charge on any atom is -0.506 e. The Morgan fingerprint density at radius 2 is 2.12 bits per heavy atom. The molecular weight excluding hydrogens is 302 g/mol. The molecule has 17 heavy (non-hydrogen) atoms. The summed E-state index contributed by atoms with van der Waals surface area (Å²) in [6, 6.07) is 5.76. The smallest absolute Gasteiger partial charge is 0.134 e. The van der Waals surface area contributed by atoms with Crippen LogP contribution in [0.15, 0.2) is 22.7 Å². The van der Waals surface area contributed by atoms with Gasteiger partial charge >= 0.3 is 0 Å². The average Bonchev–Trinajstić information content (AvgIpc) is 3.05. The van der Waals surface area contributed by atoms with Crippen LogP contribution < -0.4 is 5.32 Å². The van der Waals surface area contributed by atoms with Crippen molar-refractivity contribution in [3.8, 4) is 5.75 Å². The molecule has 2 rings (SSSR count). The first-order valence-electron chi connectivity index (χ1n) is 5.84. The first-order valence-corrected chi connectivity index (χ1v) is 6.63. The molecule has 4 heteroatoms. The zero-order valence-corrected chi connectivity index (χ0v) is 12.4. The highest BCUT2D eigenvalue weighted by molar-refractivity contribution is 9.10. The van der Waals surface area contributed by atoms with Crippen LogP contribution in [0.2, 0.25) is 0 Å². The molecule has 0 aromatic heterocycles. The van der Waals surface area contributed by atoms with Crippen molar-refractivity contribution < 1.29 is 5.11 Å². The van der Waals surface area contributed by atoms with E-state index in [1.165, 1.54) is 19.3 Å². The Morgan fingerprint density at radius 3 is 2.71 bits per heavy atom. The zero-order valence-electron chi connectivity index (χ0n) is 10.0. The Hall–Kier alpha value is -0.250. The summed E-state index contributed by atoms with van der Waals surface area (Å²) in [4.78, 5) is 0. The van der Waals surface area contributed by atoms with Gasteiger partial charge in [0.15, 0.2) is 0 Å². The van der Waals surface area contributed by atoms with Gasteiger partial charge in [-0.15, -0.1) is 12.4 Å². The van der Waals surface area contributed by atoms with E-state index in [2.05, 4.69) is 28.2 Å². The molecule has 0 aliphatic heterocycles. The fraction of sp³-hybridized carbons (Fsp3) is 0.538. The number of para-hydroxylation sites is 1. The molecule has 0 spiro atoms.